The van der Waals surface area contributed by atoms with Crippen molar-refractivity contribution in [3.8, 4) is 17.1 Å². The van der Waals surface area contributed by atoms with Gasteiger partial charge in [-0.05, 0) is 91.0 Å². The van der Waals surface area contributed by atoms with E-state index in [0.29, 0.717) is 16.7 Å². The van der Waals surface area contributed by atoms with E-state index in [4.69, 9.17) is 0 Å². The van der Waals surface area contributed by atoms with Crippen LogP contribution < -0.4 is 0 Å². The molecule has 0 aliphatic rings. The van der Waals surface area contributed by atoms with Crippen molar-refractivity contribution in [3.63, 3.8) is 0 Å². The Labute approximate surface area is 396 Å². The van der Waals surface area contributed by atoms with Gasteiger partial charge in [0.15, 0.2) is 17.3 Å². The monoisotopic (exact) mass is 885 g/mol. The highest BCUT2D eigenvalue weighted by atomic mass is 16.1. The van der Waals surface area contributed by atoms with E-state index in [0.717, 1.165) is 82.5 Å². The van der Waals surface area contributed by atoms with Crippen molar-refractivity contribution in [2.24, 2.45) is 0 Å². The van der Waals surface area contributed by atoms with E-state index in [1.807, 2.05) is 127 Å². The SMILES string of the molecule is O=C(c1cc(C(=O)c2cccc(-n3c4ccccc4c4ccccc43)c2)cc(C(=O)c2cccc(-n3c4ccccc4c4ccccc43)c2)c1)c1cccc(-n2c3ccccc3c3ccccc32)c1. The summed E-state index contributed by atoms with van der Waals surface area (Å²) in [6.07, 6.45) is 0. The maximum absolute atomic E-state index is 15.0. The summed E-state index contributed by atoms with van der Waals surface area (Å²) in [4.78, 5) is 45.0. The minimum atomic E-state index is -0.306. The minimum Gasteiger partial charge on any atom is -0.309 e. The molecule has 0 amide bonds. The third-order valence-corrected chi connectivity index (χ3v) is 13.6. The van der Waals surface area contributed by atoms with E-state index >= 15 is 0 Å². The lowest BCUT2D eigenvalue weighted by molar-refractivity contribution is 0.103. The maximum atomic E-state index is 15.0. The van der Waals surface area contributed by atoms with E-state index in [1.54, 1.807) is 36.4 Å². The third-order valence-electron chi connectivity index (χ3n) is 13.6. The van der Waals surface area contributed by atoms with Gasteiger partial charge in [-0.25, -0.2) is 0 Å². The summed E-state index contributed by atoms with van der Waals surface area (Å²) in [5, 5.41) is 6.69. The molecule has 0 N–H and O–H groups in total. The van der Waals surface area contributed by atoms with Crippen LogP contribution in [0.4, 0.5) is 0 Å². The molecule has 0 atom stereocenters. The molecule has 0 unspecified atom stereocenters. The topological polar surface area (TPSA) is 66.0 Å². The molecule has 0 saturated heterocycles. The molecular weight excluding hydrogens is 847 g/mol. The number of hydrogen-bond acceptors (Lipinski definition) is 3. The second kappa shape index (κ2) is 15.9. The molecule has 3 aromatic heterocycles. The molecule has 13 aromatic rings. The largest absolute Gasteiger partial charge is 0.309 e. The fourth-order valence-corrected chi connectivity index (χ4v) is 10.5. The molecule has 69 heavy (non-hydrogen) atoms. The average Bonchev–Trinajstić information content (AvgIpc) is 4.06. The number of ketones is 3. The zero-order valence-corrected chi connectivity index (χ0v) is 37.1. The molecule has 0 aliphatic carbocycles. The van der Waals surface area contributed by atoms with Crippen LogP contribution >= 0.6 is 0 Å². The number of aromatic nitrogens is 3. The van der Waals surface area contributed by atoms with Crippen LogP contribution in [0.3, 0.4) is 0 Å². The quantitative estimate of drug-likeness (QED) is 0.136. The van der Waals surface area contributed by atoms with Crippen LogP contribution in [-0.2, 0) is 0 Å². The molecule has 3 heterocycles. The van der Waals surface area contributed by atoms with Gasteiger partial charge in [-0.15, -0.1) is 0 Å². The van der Waals surface area contributed by atoms with Crippen LogP contribution in [0.2, 0.25) is 0 Å². The molecule has 0 radical (unpaired) electrons. The number of benzene rings is 10. The number of carbonyl (C=O) groups is 3. The highest BCUT2D eigenvalue weighted by Crippen LogP contribution is 2.36. The van der Waals surface area contributed by atoms with Crippen LogP contribution in [0, 0.1) is 0 Å². The summed E-state index contributed by atoms with van der Waals surface area (Å²) in [6.45, 7) is 0. The van der Waals surface area contributed by atoms with Crippen LogP contribution in [0.15, 0.2) is 237 Å². The summed E-state index contributed by atoms with van der Waals surface area (Å²) < 4.78 is 6.51. The lowest BCUT2D eigenvalue weighted by Gasteiger charge is -2.13. The molecule has 0 fully saturated rings. The molecule has 6 heteroatoms. The van der Waals surface area contributed by atoms with Gasteiger partial charge in [0.2, 0.25) is 0 Å². The average molecular weight is 886 g/mol. The van der Waals surface area contributed by atoms with Crippen molar-refractivity contribution in [3.05, 3.63) is 270 Å². The van der Waals surface area contributed by atoms with Gasteiger partial charge in [-0.2, -0.15) is 0 Å². The van der Waals surface area contributed by atoms with Crippen LogP contribution in [0.25, 0.3) is 82.5 Å². The highest BCUT2D eigenvalue weighted by molar-refractivity contribution is 6.18. The third kappa shape index (κ3) is 6.45. The predicted octanol–water partition coefficient (Wildman–Crippen LogP) is 14.7. The molecule has 10 aromatic carbocycles. The van der Waals surface area contributed by atoms with Gasteiger partial charge < -0.3 is 13.7 Å². The first-order chi connectivity index (χ1) is 34.0. The second-order valence-electron chi connectivity index (χ2n) is 17.5. The normalized spacial score (nSPS) is 11.7. The fourth-order valence-electron chi connectivity index (χ4n) is 10.5. The van der Waals surface area contributed by atoms with Crippen LogP contribution in [0.5, 0.6) is 0 Å². The van der Waals surface area contributed by atoms with E-state index in [2.05, 4.69) is 86.5 Å². The number of carbonyl (C=O) groups excluding carboxylic acids is 3. The Hall–Kier alpha value is -9.39. The highest BCUT2D eigenvalue weighted by Gasteiger charge is 2.23. The summed E-state index contributed by atoms with van der Waals surface area (Å²) in [7, 11) is 0. The molecule has 0 spiro atoms. The molecular formula is C63H39N3O3. The molecule has 0 saturated carbocycles. The summed E-state index contributed by atoms with van der Waals surface area (Å²) in [5.41, 5.74) is 10.6. The predicted molar refractivity (Wildman–Crippen MR) is 279 cm³/mol. The van der Waals surface area contributed by atoms with Gasteiger partial charge in [-0.1, -0.05) is 146 Å². The summed E-state index contributed by atoms with van der Waals surface area (Å²) in [5.74, 6) is -0.918. The van der Waals surface area contributed by atoms with Crippen LogP contribution in [0.1, 0.15) is 47.8 Å². The van der Waals surface area contributed by atoms with Gasteiger partial charge in [0.05, 0.1) is 33.1 Å². The minimum absolute atomic E-state index is 0.237. The zero-order valence-electron chi connectivity index (χ0n) is 37.1. The smallest absolute Gasteiger partial charge is 0.193 e. The van der Waals surface area contributed by atoms with E-state index in [-0.39, 0.29) is 34.0 Å². The van der Waals surface area contributed by atoms with Crippen molar-refractivity contribution < 1.29 is 14.4 Å². The standard InChI is InChI=1S/C63H39N3O3/c67-61(40-16-13-19-46(37-40)64-55-28-7-1-22-49(55)50-23-2-8-29-56(50)64)43-34-44(62(68)41-17-14-20-47(38-41)65-57-30-9-3-24-51(57)52-25-4-10-31-58(52)65)36-45(35-43)63(69)42-18-15-21-48(39-42)66-59-32-11-5-26-53(59)54-27-6-12-33-60(54)66/h1-39H. The van der Waals surface area contributed by atoms with E-state index in [9.17, 15) is 14.4 Å². The first kappa shape index (κ1) is 39.9. The fraction of sp³-hybridized carbons (Fsp3) is 0. The summed E-state index contributed by atoms with van der Waals surface area (Å²) >= 11 is 0. The second-order valence-corrected chi connectivity index (χ2v) is 17.5. The van der Waals surface area contributed by atoms with E-state index in [1.165, 1.54) is 0 Å². The molecule has 13 rings (SSSR count). The molecule has 0 aliphatic heterocycles. The van der Waals surface area contributed by atoms with E-state index < -0.39 is 0 Å². The number of para-hydroxylation sites is 6. The lowest BCUT2D eigenvalue weighted by atomic mass is 9.92. The summed E-state index contributed by atoms with van der Waals surface area (Å²) in [6, 6.07) is 77.1. The van der Waals surface area contributed by atoms with Gasteiger partial charge in [-0.3, -0.25) is 14.4 Å². The van der Waals surface area contributed by atoms with Gasteiger partial charge >= 0.3 is 0 Å². The Morgan fingerprint density at radius 3 is 0.667 bits per heavy atom. The molecule has 324 valence electrons. The number of fused-ring (bicyclic) bond motifs is 9. The number of nitrogens with zero attached hydrogens (tertiary/aromatic N) is 3. The molecule has 6 nitrogen and oxygen atoms in total. The number of rotatable bonds is 9. The Kier molecular flexibility index (Phi) is 9.20. The Balaban J connectivity index is 0.943. The van der Waals surface area contributed by atoms with Crippen molar-refractivity contribution in [2.45, 2.75) is 0 Å². The van der Waals surface area contributed by atoms with Crippen LogP contribution in [-0.4, -0.2) is 31.1 Å². The number of hydrogen-bond donors (Lipinski definition) is 0. The maximum Gasteiger partial charge on any atom is 0.193 e. The molecule has 0 bridgehead atoms. The van der Waals surface area contributed by atoms with Crippen molar-refractivity contribution in [1.29, 1.82) is 0 Å². The van der Waals surface area contributed by atoms with Crippen molar-refractivity contribution >= 4 is 82.8 Å². The van der Waals surface area contributed by atoms with Crippen molar-refractivity contribution in [2.75, 3.05) is 0 Å². The first-order valence-electron chi connectivity index (χ1n) is 23.0. The lowest BCUT2D eigenvalue weighted by Crippen LogP contribution is -2.11. The Bertz CT molecular complexity index is 3670. The van der Waals surface area contributed by atoms with Crippen molar-refractivity contribution in [1.82, 2.24) is 13.7 Å². The first-order valence-corrected chi connectivity index (χ1v) is 23.0. The van der Waals surface area contributed by atoms with Gasteiger partial charge in [0.25, 0.3) is 0 Å². The zero-order chi connectivity index (χ0) is 46.2. The van der Waals surface area contributed by atoms with Gasteiger partial charge in [0.1, 0.15) is 0 Å². The Morgan fingerprint density at radius 1 is 0.217 bits per heavy atom. The Morgan fingerprint density at radius 2 is 0.435 bits per heavy atom. The van der Waals surface area contributed by atoms with Gasteiger partial charge in [0, 0.05) is 82.8 Å².